The molecule has 0 aliphatic heterocycles. The lowest BCUT2D eigenvalue weighted by atomic mass is 10.0. The molecule has 1 aliphatic rings. The van der Waals surface area contributed by atoms with Gasteiger partial charge in [0.2, 0.25) is 0 Å². The minimum Gasteiger partial charge on any atom is -0.492 e. The smallest absolute Gasteiger partial charge is 0.137 e. The minimum absolute atomic E-state index is 0.116. The number of nitrogens with two attached hydrogens (primary N) is 1. The normalized spacial score (nSPS) is 17.5. The second kappa shape index (κ2) is 4.62. The number of rotatable bonds is 5. The Kier molecular flexibility index (Phi) is 3.21. The van der Waals surface area contributed by atoms with Crippen LogP contribution in [0.2, 0.25) is 0 Å². The van der Waals surface area contributed by atoms with Gasteiger partial charge in [0.25, 0.3) is 0 Å². The molecule has 0 radical (unpaired) electrons. The summed E-state index contributed by atoms with van der Waals surface area (Å²) in [4.78, 5) is 4.15. The van der Waals surface area contributed by atoms with E-state index < -0.39 is 0 Å². The fourth-order valence-corrected chi connectivity index (χ4v) is 1.73. The Hall–Kier alpha value is -1.09. The molecule has 1 aromatic heterocycles. The van der Waals surface area contributed by atoms with Crippen LogP contribution in [0.4, 0.5) is 0 Å². The Labute approximate surface area is 90.7 Å². The van der Waals surface area contributed by atoms with Crippen molar-refractivity contribution in [1.29, 1.82) is 0 Å². The van der Waals surface area contributed by atoms with Crippen molar-refractivity contribution < 1.29 is 4.74 Å². The van der Waals surface area contributed by atoms with Gasteiger partial charge in [-0.1, -0.05) is 12.8 Å². The van der Waals surface area contributed by atoms with E-state index in [0.29, 0.717) is 6.61 Å². The molecule has 2 rings (SSSR count). The highest BCUT2D eigenvalue weighted by Gasteiger charge is 2.24. The summed E-state index contributed by atoms with van der Waals surface area (Å²) in [6.45, 7) is 2.64. The van der Waals surface area contributed by atoms with Crippen molar-refractivity contribution in [3.63, 3.8) is 0 Å². The van der Waals surface area contributed by atoms with Crippen LogP contribution in [0.15, 0.2) is 18.5 Å². The first-order valence-electron chi connectivity index (χ1n) is 5.63. The maximum Gasteiger partial charge on any atom is 0.137 e. The van der Waals surface area contributed by atoms with Gasteiger partial charge in [0.15, 0.2) is 0 Å². The van der Waals surface area contributed by atoms with E-state index in [2.05, 4.69) is 4.98 Å². The quantitative estimate of drug-likeness (QED) is 0.804. The fraction of sp³-hybridized carbons (Fsp3) is 0.583. The SMILES string of the molecule is CCOc1cncc(C(N)CC2CC2)c1. The monoisotopic (exact) mass is 206 g/mol. The molecule has 15 heavy (non-hydrogen) atoms. The lowest BCUT2D eigenvalue weighted by Gasteiger charge is -2.12. The molecule has 1 heterocycles. The molecule has 1 saturated carbocycles. The zero-order valence-electron chi connectivity index (χ0n) is 9.15. The van der Waals surface area contributed by atoms with E-state index in [4.69, 9.17) is 10.5 Å². The minimum atomic E-state index is 0.116. The molecule has 3 heteroatoms. The average Bonchev–Trinajstić information content (AvgIpc) is 3.03. The Morgan fingerprint density at radius 1 is 1.53 bits per heavy atom. The van der Waals surface area contributed by atoms with Crippen molar-refractivity contribution in [2.24, 2.45) is 11.7 Å². The van der Waals surface area contributed by atoms with Gasteiger partial charge >= 0.3 is 0 Å². The topological polar surface area (TPSA) is 48.1 Å². The average molecular weight is 206 g/mol. The van der Waals surface area contributed by atoms with Crippen molar-refractivity contribution >= 4 is 0 Å². The zero-order valence-corrected chi connectivity index (χ0v) is 9.15. The largest absolute Gasteiger partial charge is 0.492 e. The number of nitrogens with zero attached hydrogens (tertiary/aromatic N) is 1. The maximum atomic E-state index is 6.11. The number of ether oxygens (including phenoxy) is 1. The van der Waals surface area contributed by atoms with Crippen molar-refractivity contribution in [3.8, 4) is 5.75 Å². The van der Waals surface area contributed by atoms with Gasteiger partial charge in [-0.05, 0) is 30.9 Å². The third kappa shape index (κ3) is 2.93. The van der Waals surface area contributed by atoms with E-state index in [1.807, 2.05) is 19.2 Å². The van der Waals surface area contributed by atoms with Crippen LogP contribution in [0.25, 0.3) is 0 Å². The van der Waals surface area contributed by atoms with Gasteiger partial charge in [-0.3, -0.25) is 4.98 Å². The van der Waals surface area contributed by atoms with Gasteiger partial charge in [0.05, 0.1) is 12.8 Å². The van der Waals surface area contributed by atoms with Gasteiger partial charge in [0.1, 0.15) is 5.75 Å². The summed E-state index contributed by atoms with van der Waals surface area (Å²) in [5, 5.41) is 0. The predicted molar refractivity (Wildman–Crippen MR) is 59.7 cm³/mol. The van der Waals surface area contributed by atoms with E-state index in [0.717, 1.165) is 23.7 Å². The Morgan fingerprint density at radius 3 is 3.00 bits per heavy atom. The van der Waals surface area contributed by atoms with E-state index >= 15 is 0 Å². The lowest BCUT2D eigenvalue weighted by Crippen LogP contribution is -2.11. The van der Waals surface area contributed by atoms with Gasteiger partial charge in [-0.2, -0.15) is 0 Å². The van der Waals surface area contributed by atoms with Gasteiger partial charge in [-0.15, -0.1) is 0 Å². The van der Waals surface area contributed by atoms with Crippen LogP contribution < -0.4 is 10.5 Å². The highest BCUT2D eigenvalue weighted by Crippen LogP contribution is 2.36. The van der Waals surface area contributed by atoms with Gasteiger partial charge in [-0.25, -0.2) is 0 Å². The molecular weight excluding hydrogens is 188 g/mol. The number of hydrogen-bond donors (Lipinski definition) is 1. The number of pyridine rings is 1. The van der Waals surface area contributed by atoms with Crippen LogP contribution >= 0.6 is 0 Å². The van der Waals surface area contributed by atoms with Gasteiger partial charge in [0, 0.05) is 12.2 Å². The Bertz CT molecular complexity index is 323. The number of aromatic nitrogens is 1. The van der Waals surface area contributed by atoms with E-state index in [9.17, 15) is 0 Å². The molecule has 1 unspecified atom stereocenters. The molecule has 1 aliphatic carbocycles. The highest BCUT2D eigenvalue weighted by atomic mass is 16.5. The van der Waals surface area contributed by atoms with Crippen LogP contribution in [-0.4, -0.2) is 11.6 Å². The van der Waals surface area contributed by atoms with Crippen LogP contribution in [0, 0.1) is 5.92 Å². The molecule has 3 nitrogen and oxygen atoms in total. The summed E-state index contributed by atoms with van der Waals surface area (Å²) in [7, 11) is 0. The van der Waals surface area contributed by atoms with Crippen molar-refractivity contribution in [1.82, 2.24) is 4.98 Å². The molecule has 0 aromatic carbocycles. The Morgan fingerprint density at radius 2 is 2.33 bits per heavy atom. The number of hydrogen-bond acceptors (Lipinski definition) is 3. The van der Waals surface area contributed by atoms with Crippen LogP contribution in [0.5, 0.6) is 5.75 Å². The molecule has 1 fully saturated rings. The summed E-state index contributed by atoms with van der Waals surface area (Å²) in [5.41, 5.74) is 7.20. The summed E-state index contributed by atoms with van der Waals surface area (Å²) in [6.07, 6.45) is 7.34. The zero-order chi connectivity index (χ0) is 10.7. The van der Waals surface area contributed by atoms with Crippen molar-refractivity contribution in [3.05, 3.63) is 24.0 Å². The lowest BCUT2D eigenvalue weighted by molar-refractivity contribution is 0.338. The maximum absolute atomic E-state index is 6.11. The second-order valence-corrected chi connectivity index (χ2v) is 4.17. The molecule has 0 bridgehead atoms. The predicted octanol–water partition coefficient (Wildman–Crippen LogP) is 2.28. The van der Waals surface area contributed by atoms with Gasteiger partial charge < -0.3 is 10.5 Å². The molecule has 82 valence electrons. The highest BCUT2D eigenvalue weighted by molar-refractivity contribution is 5.25. The first-order valence-corrected chi connectivity index (χ1v) is 5.63. The van der Waals surface area contributed by atoms with E-state index in [-0.39, 0.29) is 6.04 Å². The van der Waals surface area contributed by atoms with Crippen molar-refractivity contribution in [2.75, 3.05) is 6.61 Å². The first-order chi connectivity index (χ1) is 7.29. The van der Waals surface area contributed by atoms with Crippen LogP contribution in [0.1, 0.15) is 37.8 Å². The van der Waals surface area contributed by atoms with Crippen molar-refractivity contribution in [2.45, 2.75) is 32.2 Å². The third-order valence-electron chi connectivity index (χ3n) is 2.76. The second-order valence-electron chi connectivity index (χ2n) is 4.17. The first kappa shape index (κ1) is 10.4. The molecule has 0 spiro atoms. The molecule has 0 saturated heterocycles. The molecule has 1 aromatic rings. The van der Waals surface area contributed by atoms with Crippen LogP contribution in [0.3, 0.4) is 0 Å². The molecule has 1 atom stereocenters. The van der Waals surface area contributed by atoms with Crippen LogP contribution in [-0.2, 0) is 0 Å². The molecule has 2 N–H and O–H groups in total. The fourth-order valence-electron chi connectivity index (χ4n) is 1.73. The summed E-state index contributed by atoms with van der Waals surface area (Å²) >= 11 is 0. The molecular formula is C12H18N2O. The van der Waals surface area contributed by atoms with E-state index in [1.54, 1.807) is 6.20 Å². The summed E-state index contributed by atoms with van der Waals surface area (Å²) in [5.74, 6) is 1.66. The van der Waals surface area contributed by atoms with E-state index in [1.165, 1.54) is 12.8 Å². The molecule has 0 amide bonds. The summed E-state index contributed by atoms with van der Waals surface area (Å²) < 4.78 is 5.40. The summed E-state index contributed by atoms with van der Waals surface area (Å²) in [6, 6.07) is 2.12. The standard InChI is InChI=1S/C12H18N2O/c1-2-15-11-6-10(7-14-8-11)12(13)5-9-3-4-9/h6-9,12H,2-5,13H2,1H3. The Balaban J connectivity index is 2.01. The third-order valence-corrected chi connectivity index (χ3v) is 2.76.